The zero-order valence-electron chi connectivity index (χ0n) is 15.6. The Labute approximate surface area is 174 Å². The van der Waals surface area contributed by atoms with E-state index in [-0.39, 0.29) is 29.9 Å². The van der Waals surface area contributed by atoms with Crippen LogP contribution in [0.4, 0.5) is 0 Å². The minimum absolute atomic E-state index is 0. The molecule has 2 heterocycles. The molecule has 0 amide bonds. The third-order valence-electron chi connectivity index (χ3n) is 5.52. The molecule has 146 valence electrons. The predicted molar refractivity (Wildman–Crippen MR) is 118 cm³/mol. The Hall–Kier alpha value is -0.830. The smallest absolute Gasteiger partial charge is 0.193 e. The summed E-state index contributed by atoms with van der Waals surface area (Å²) in [5.41, 5.74) is 1.42. The lowest BCUT2D eigenvalue weighted by atomic mass is 9.82. The fourth-order valence-electron chi connectivity index (χ4n) is 4.13. The van der Waals surface area contributed by atoms with Crippen molar-refractivity contribution in [1.82, 2.24) is 10.2 Å². The quantitative estimate of drug-likeness (QED) is 0.402. The second-order valence-corrected chi connectivity index (χ2v) is 9.66. The van der Waals surface area contributed by atoms with E-state index in [1.54, 1.807) is 0 Å². The second-order valence-electron chi connectivity index (χ2n) is 7.43. The molecule has 2 aliphatic heterocycles. The van der Waals surface area contributed by atoms with Gasteiger partial charge in [-0.05, 0) is 36.2 Å². The van der Waals surface area contributed by atoms with Gasteiger partial charge in [-0.1, -0.05) is 37.3 Å². The molecule has 1 N–H and O–H groups in total. The molecule has 5 nitrogen and oxygen atoms in total. The normalized spacial score (nSPS) is 28.5. The minimum atomic E-state index is -2.82. The second kappa shape index (κ2) is 9.39. The molecular formula is C19H30IN3O2S. The molecule has 7 heteroatoms. The minimum Gasteiger partial charge on any atom is -0.356 e. The van der Waals surface area contributed by atoms with Crippen LogP contribution in [0.25, 0.3) is 0 Å². The fraction of sp³-hybridized carbons (Fsp3) is 0.632. The number of guanidine groups is 1. The molecule has 2 fully saturated rings. The van der Waals surface area contributed by atoms with Gasteiger partial charge in [0.05, 0.1) is 11.5 Å². The van der Waals surface area contributed by atoms with Crippen molar-refractivity contribution in [3.8, 4) is 0 Å². The van der Waals surface area contributed by atoms with Crippen LogP contribution < -0.4 is 5.32 Å². The summed E-state index contributed by atoms with van der Waals surface area (Å²) in [5, 5.41) is 3.41. The lowest BCUT2D eigenvalue weighted by molar-refractivity contribution is 0.234. The number of hydrogen-bond donors (Lipinski definition) is 1. The van der Waals surface area contributed by atoms with Crippen molar-refractivity contribution in [1.29, 1.82) is 0 Å². The number of nitrogens with one attached hydrogen (secondary N) is 1. The maximum atomic E-state index is 11.6. The van der Waals surface area contributed by atoms with Gasteiger partial charge in [-0.25, -0.2) is 8.42 Å². The number of sulfone groups is 1. The SMILES string of the molecule is CN=C(NCC1CCS(=O)(=O)C1)N1CCC(c2ccccc2)C(C)C1.I. The van der Waals surface area contributed by atoms with Crippen LogP contribution in [0, 0.1) is 11.8 Å². The van der Waals surface area contributed by atoms with E-state index in [1.165, 1.54) is 5.56 Å². The van der Waals surface area contributed by atoms with Crippen molar-refractivity contribution >= 4 is 39.8 Å². The fourth-order valence-corrected chi connectivity index (χ4v) is 6.00. The summed E-state index contributed by atoms with van der Waals surface area (Å²) < 4.78 is 23.2. The first kappa shape index (κ1) is 21.5. The summed E-state index contributed by atoms with van der Waals surface area (Å²) in [6, 6.07) is 10.8. The van der Waals surface area contributed by atoms with E-state index in [9.17, 15) is 8.42 Å². The standard InChI is InChI=1S/C19H29N3O2S.HI/c1-15-13-22(10-8-18(15)17-6-4-3-5-7-17)19(20-2)21-12-16-9-11-25(23,24)14-16;/h3-7,15-16,18H,8-14H2,1-2H3,(H,20,21);1H. The molecule has 0 saturated carbocycles. The number of aliphatic imine (C=N–C) groups is 1. The predicted octanol–water partition coefficient (Wildman–Crippen LogP) is 2.74. The summed E-state index contributed by atoms with van der Waals surface area (Å²) >= 11 is 0. The van der Waals surface area contributed by atoms with Gasteiger partial charge in [0.15, 0.2) is 15.8 Å². The van der Waals surface area contributed by atoms with Gasteiger partial charge in [-0.15, -0.1) is 24.0 Å². The average Bonchev–Trinajstić information content (AvgIpc) is 2.95. The molecule has 26 heavy (non-hydrogen) atoms. The lowest BCUT2D eigenvalue weighted by Gasteiger charge is -2.39. The highest BCUT2D eigenvalue weighted by atomic mass is 127. The van der Waals surface area contributed by atoms with E-state index in [1.807, 2.05) is 7.05 Å². The van der Waals surface area contributed by atoms with Gasteiger partial charge in [-0.2, -0.15) is 0 Å². The molecule has 3 unspecified atom stereocenters. The monoisotopic (exact) mass is 491 g/mol. The topological polar surface area (TPSA) is 61.8 Å². The third kappa shape index (κ3) is 5.34. The van der Waals surface area contributed by atoms with Crippen LogP contribution in [-0.4, -0.2) is 57.5 Å². The van der Waals surface area contributed by atoms with Gasteiger partial charge in [0.2, 0.25) is 0 Å². The zero-order valence-corrected chi connectivity index (χ0v) is 18.7. The number of nitrogens with zero attached hydrogens (tertiary/aromatic N) is 2. The summed E-state index contributed by atoms with van der Waals surface area (Å²) in [6.07, 6.45) is 1.88. The summed E-state index contributed by atoms with van der Waals surface area (Å²) in [5.74, 6) is 2.90. The lowest BCUT2D eigenvalue weighted by Crippen LogP contribution is -2.49. The Morgan fingerprint density at radius 2 is 2.00 bits per heavy atom. The molecule has 2 saturated heterocycles. The van der Waals surface area contributed by atoms with E-state index in [0.29, 0.717) is 29.9 Å². The molecule has 3 atom stereocenters. The number of likely N-dealkylation sites (tertiary alicyclic amines) is 1. The molecular weight excluding hydrogens is 461 g/mol. The number of hydrogen-bond acceptors (Lipinski definition) is 3. The van der Waals surface area contributed by atoms with Crippen molar-refractivity contribution in [3.63, 3.8) is 0 Å². The molecule has 0 bridgehead atoms. The van der Waals surface area contributed by atoms with Gasteiger partial charge in [-0.3, -0.25) is 4.99 Å². The Morgan fingerprint density at radius 3 is 2.58 bits per heavy atom. The summed E-state index contributed by atoms with van der Waals surface area (Å²) in [4.78, 5) is 6.74. The van der Waals surface area contributed by atoms with Crippen molar-refractivity contribution < 1.29 is 8.42 Å². The van der Waals surface area contributed by atoms with Gasteiger partial charge < -0.3 is 10.2 Å². The molecule has 0 aliphatic carbocycles. The molecule has 0 spiro atoms. The van der Waals surface area contributed by atoms with E-state index in [0.717, 1.165) is 31.9 Å². The Balaban J connectivity index is 0.00000243. The Morgan fingerprint density at radius 1 is 1.27 bits per heavy atom. The van der Waals surface area contributed by atoms with Crippen molar-refractivity contribution in [2.24, 2.45) is 16.8 Å². The van der Waals surface area contributed by atoms with Gasteiger partial charge >= 0.3 is 0 Å². The van der Waals surface area contributed by atoms with Crippen LogP contribution in [-0.2, 0) is 9.84 Å². The Kier molecular flexibility index (Phi) is 7.76. The van der Waals surface area contributed by atoms with Gasteiger partial charge in [0.25, 0.3) is 0 Å². The van der Waals surface area contributed by atoms with Crippen LogP contribution in [0.3, 0.4) is 0 Å². The first-order valence-electron chi connectivity index (χ1n) is 9.19. The molecule has 3 rings (SSSR count). The summed E-state index contributed by atoms with van der Waals surface area (Å²) in [6.45, 7) is 4.95. The van der Waals surface area contributed by atoms with Gasteiger partial charge in [0.1, 0.15) is 0 Å². The van der Waals surface area contributed by atoms with Crippen LogP contribution >= 0.6 is 24.0 Å². The van der Waals surface area contributed by atoms with E-state index < -0.39 is 9.84 Å². The Bertz CT molecular complexity index is 709. The van der Waals surface area contributed by atoms with Crippen LogP contribution in [0.2, 0.25) is 0 Å². The summed E-state index contributed by atoms with van der Waals surface area (Å²) in [7, 11) is -1.01. The van der Waals surface area contributed by atoms with E-state index in [2.05, 4.69) is 52.5 Å². The highest BCUT2D eigenvalue weighted by Gasteiger charge is 2.30. The number of rotatable bonds is 3. The maximum Gasteiger partial charge on any atom is 0.193 e. The first-order chi connectivity index (χ1) is 12.0. The zero-order chi connectivity index (χ0) is 17.9. The molecule has 1 aromatic carbocycles. The number of halogens is 1. The molecule has 1 aromatic rings. The average molecular weight is 491 g/mol. The number of benzene rings is 1. The highest BCUT2D eigenvalue weighted by Crippen LogP contribution is 2.32. The van der Waals surface area contributed by atoms with Crippen molar-refractivity contribution in [3.05, 3.63) is 35.9 Å². The molecule has 2 aliphatic rings. The molecule has 0 radical (unpaired) electrons. The third-order valence-corrected chi connectivity index (χ3v) is 7.36. The van der Waals surface area contributed by atoms with Crippen LogP contribution in [0.1, 0.15) is 31.2 Å². The van der Waals surface area contributed by atoms with Crippen molar-refractivity contribution in [2.45, 2.75) is 25.7 Å². The first-order valence-corrected chi connectivity index (χ1v) is 11.0. The van der Waals surface area contributed by atoms with E-state index in [4.69, 9.17) is 0 Å². The van der Waals surface area contributed by atoms with Crippen molar-refractivity contribution in [2.75, 3.05) is 38.2 Å². The number of piperidine rings is 1. The van der Waals surface area contributed by atoms with Gasteiger partial charge in [0, 0.05) is 26.7 Å². The van der Waals surface area contributed by atoms with Crippen LogP contribution in [0.5, 0.6) is 0 Å². The van der Waals surface area contributed by atoms with E-state index >= 15 is 0 Å². The van der Waals surface area contributed by atoms with Crippen LogP contribution in [0.15, 0.2) is 35.3 Å². The largest absolute Gasteiger partial charge is 0.356 e. The molecule has 0 aromatic heterocycles. The highest BCUT2D eigenvalue weighted by molar-refractivity contribution is 14.0. The maximum absolute atomic E-state index is 11.6.